The SMILES string of the molecule is CC(=O)/C=C\C(=O)C1(C)CCCC1(C)C. The van der Waals surface area contributed by atoms with Gasteiger partial charge in [0.1, 0.15) is 0 Å². The van der Waals surface area contributed by atoms with Crippen LogP contribution in [0.1, 0.15) is 47.0 Å². The average molecular weight is 208 g/mol. The van der Waals surface area contributed by atoms with Crippen LogP contribution in [0.25, 0.3) is 0 Å². The predicted molar refractivity (Wildman–Crippen MR) is 60.6 cm³/mol. The van der Waals surface area contributed by atoms with Gasteiger partial charge in [0.2, 0.25) is 0 Å². The lowest BCUT2D eigenvalue weighted by molar-refractivity contribution is -0.127. The lowest BCUT2D eigenvalue weighted by Crippen LogP contribution is -2.36. The standard InChI is InChI=1S/C13H20O2/c1-10(14)6-7-11(15)13(4)9-5-8-12(13,2)3/h6-7H,5,8-9H2,1-4H3/b7-6-. The fourth-order valence-corrected chi connectivity index (χ4v) is 2.33. The molecule has 1 unspecified atom stereocenters. The Morgan fingerprint density at radius 1 is 1.07 bits per heavy atom. The van der Waals surface area contributed by atoms with Gasteiger partial charge in [0.05, 0.1) is 0 Å². The maximum absolute atomic E-state index is 12.0. The topological polar surface area (TPSA) is 34.1 Å². The van der Waals surface area contributed by atoms with Crippen molar-refractivity contribution in [2.45, 2.75) is 47.0 Å². The number of carbonyl (C=O) groups is 2. The molecule has 0 aliphatic heterocycles. The summed E-state index contributed by atoms with van der Waals surface area (Å²) in [5, 5.41) is 0. The number of hydrogen-bond donors (Lipinski definition) is 0. The first kappa shape index (κ1) is 12.2. The summed E-state index contributed by atoms with van der Waals surface area (Å²) in [6.07, 6.45) is 5.95. The van der Waals surface area contributed by atoms with Crippen LogP contribution < -0.4 is 0 Å². The van der Waals surface area contributed by atoms with Gasteiger partial charge in [0.25, 0.3) is 0 Å². The first-order valence-electron chi connectivity index (χ1n) is 5.53. The average Bonchev–Trinajstić information content (AvgIpc) is 2.38. The maximum Gasteiger partial charge on any atom is 0.162 e. The third-order valence-electron chi connectivity index (χ3n) is 3.99. The van der Waals surface area contributed by atoms with Crippen molar-refractivity contribution in [1.29, 1.82) is 0 Å². The van der Waals surface area contributed by atoms with E-state index in [0.29, 0.717) is 0 Å². The highest BCUT2D eigenvalue weighted by Gasteiger charge is 2.48. The Labute approximate surface area is 91.7 Å². The molecule has 0 saturated heterocycles. The van der Waals surface area contributed by atoms with Crippen molar-refractivity contribution in [2.24, 2.45) is 10.8 Å². The Morgan fingerprint density at radius 3 is 2.07 bits per heavy atom. The zero-order valence-electron chi connectivity index (χ0n) is 10.1. The molecular formula is C13H20O2. The second kappa shape index (κ2) is 3.92. The quantitative estimate of drug-likeness (QED) is 0.668. The van der Waals surface area contributed by atoms with E-state index in [2.05, 4.69) is 13.8 Å². The van der Waals surface area contributed by atoms with Crippen LogP contribution in [0.15, 0.2) is 12.2 Å². The van der Waals surface area contributed by atoms with Gasteiger partial charge in [-0.1, -0.05) is 27.2 Å². The van der Waals surface area contributed by atoms with Crippen molar-refractivity contribution < 1.29 is 9.59 Å². The summed E-state index contributed by atoms with van der Waals surface area (Å²) >= 11 is 0. The predicted octanol–water partition coefficient (Wildman–Crippen LogP) is 2.92. The van der Waals surface area contributed by atoms with Gasteiger partial charge in [0.15, 0.2) is 11.6 Å². The molecule has 1 fully saturated rings. The summed E-state index contributed by atoms with van der Waals surface area (Å²) in [4.78, 5) is 22.8. The molecule has 0 spiro atoms. The minimum Gasteiger partial charge on any atom is -0.295 e. The van der Waals surface area contributed by atoms with Gasteiger partial charge in [-0.15, -0.1) is 0 Å². The summed E-state index contributed by atoms with van der Waals surface area (Å²) in [7, 11) is 0. The summed E-state index contributed by atoms with van der Waals surface area (Å²) < 4.78 is 0. The van der Waals surface area contributed by atoms with Crippen LogP contribution in [0, 0.1) is 10.8 Å². The second-order valence-electron chi connectivity index (χ2n) is 5.38. The van der Waals surface area contributed by atoms with Gasteiger partial charge in [-0.25, -0.2) is 0 Å². The monoisotopic (exact) mass is 208 g/mol. The summed E-state index contributed by atoms with van der Waals surface area (Å²) in [5.41, 5.74) is -0.246. The van der Waals surface area contributed by atoms with Crippen molar-refractivity contribution in [2.75, 3.05) is 0 Å². The molecule has 1 atom stereocenters. The summed E-state index contributed by atoms with van der Waals surface area (Å²) in [6, 6.07) is 0. The molecule has 2 heteroatoms. The molecule has 15 heavy (non-hydrogen) atoms. The Kier molecular flexibility index (Phi) is 3.17. The first-order valence-corrected chi connectivity index (χ1v) is 5.53. The molecule has 1 rings (SSSR count). The van der Waals surface area contributed by atoms with Crippen LogP contribution in [0.5, 0.6) is 0 Å². The van der Waals surface area contributed by atoms with Crippen LogP contribution in [0.4, 0.5) is 0 Å². The fraction of sp³-hybridized carbons (Fsp3) is 0.692. The van der Waals surface area contributed by atoms with Gasteiger partial charge in [-0.2, -0.15) is 0 Å². The number of hydrogen-bond acceptors (Lipinski definition) is 2. The molecule has 0 bridgehead atoms. The Hall–Kier alpha value is -0.920. The smallest absolute Gasteiger partial charge is 0.162 e. The molecule has 84 valence electrons. The van der Waals surface area contributed by atoms with Gasteiger partial charge in [-0.3, -0.25) is 9.59 Å². The lowest BCUT2D eigenvalue weighted by atomic mass is 9.66. The Bertz CT molecular complexity index is 312. The molecule has 0 aromatic heterocycles. The summed E-state index contributed by atoms with van der Waals surface area (Å²) in [5.74, 6) is 0.0305. The van der Waals surface area contributed by atoms with E-state index < -0.39 is 0 Å². The number of carbonyl (C=O) groups excluding carboxylic acids is 2. The highest BCUT2D eigenvalue weighted by atomic mass is 16.1. The van der Waals surface area contributed by atoms with E-state index in [1.807, 2.05) is 6.92 Å². The van der Waals surface area contributed by atoms with E-state index in [9.17, 15) is 9.59 Å². The zero-order chi connectivity index (χ0) is 11.7. The van der Waals surface area contributed by atoms with E-state index in [0.717, 1.165) is 19.3 Å². The van der Waals surface area contributed by atoms with Crippen molar-refractivity contribution in [3.05, 3.63) is 12.2 Å². The Balaban J connectivity index is 2.87. The zero-order valence-corrected chi connectivity index (χ0v) is 10.1. The van der Waals surface area contributed by atoms with E-state index in [1.165, 1.54) is 19.1 Å². The van der Waals surface area contributed by atoms with Crippen LogP contribution in [-0.2, 0) is 9.59 Å². The molecule has 0 amide bonds. The minimum absolute atomic E-state index is 0.0468. The summed E-state index contributed by atoms with van der Waals surface area (Å²) in [6.45, 7) is 7.76. The minimum atomic E-state index is -0.293. The van der Waals surface area contributed by atoms with Crippen LogP contribution in [0.3, 0.4) is 0 Å². The molecule has 0 radical (unpaired) electrons. The lowest BCUT2D eigenvalue weighted by Gasteiger charge is -2.36. The van der Waals surface area contributed by atoms with Crippen LogP contribution in [-0.4, -0.2) is 11.6 Å². The molecular weight excluding hydrogens is 188 g/mol. The third-order valence-corrected chi connectivity index (χ3v) is 3.99. The van der Waals surface area contributed by atoms with E-state index in [4.69, 9.17) is 0 Å². The van der Waals surface area contributed by atoms with Gasteiger partial charge in [0, 0.05) is 5.41 Å². The molecule has 2 nitrogen and oxygen atoms in total. The Morgan fingerprint density at radius 2 is 1.67 bits per heavy atom. The molecule has 0 aromatic carbocycles. The van der Waals surface area contributed by atoms with E-state index in [-0.39, 0.29) is 22.4 Å². The van der Waals surface area contributed by atoms with E-state index in [1.54, 1.807) is 0 Å². The highest BCUT2D eigenvalue weighted by molar-refractivity contribution is 6.00. The van der Waals surface area contributed by atoms with E-state index >= 15 is 0 Å². The largest absolute Gasteiger partial charge is 0.295 e. The molecule has 1 aliphatic rings. The van der Waals surface area contributed by atoms with Crippen LogP contribution >= 0.6 is 0 Å². The van der Waals surface area contributed by atoms with Gasteiger partial charge >= 0.3 is 0 Å². The molecule has 0 heterocycles. The van der Waals surface area contributed by atoms with Gasteiger partial charge < -0.3 is 0 Å². The molecule has 1 saturated carbocycles. The molecule has 0 N–H and O–H groups in total. The molecule has 1 aliphatic carbocycles. The normalized spacial score (nSPS) is 29.6. The number of rotatable bonds is 3. The van der Waals surface area contributed by atoms with Crippen molar-refractivity contribution in [1.82, 2.24) is 0 Å². The molecule has 0 aromatic rings. The number of ketones is 2. The highest BCUT2D eigenvalue weighted by Crippen LogP contribution is 2.52. The van der Waals surface area contributed by atoms with Crippen molar-refractivity contribution >= 4 is 11.6 Å². The van der Waals surface area contributed by atoms with Gasteiger partial charge in [-0.05, 0) is 37.3 Å². The first-order chi connectivity index (χ1) is 6.79. The second-order valence-corrected chi connectivity index (χ2v) is 5.38. The van der Waals surface area contributed by atoms with Crippen molar-refractivity contribution in [3.63, 3.8) is 0 Å². The van der Waals surface area contributed by atoms with Crippen molar-refractivity contribution in [3.8, 4) is 0 Å². The third kappa shape index (κ3) is 2.19. The maximum atomic E-state index is 12.0. The number of allylic oxidation sites excluding steroid dienone is 2. The van der Waals surface area contributed by atoms with Crippen LogP contribution in [0.2, 0.25) is 0 Å². The fourth-order valence-electron chi connectivity index (χ4n) is 2.33.